The van der Waals surface area contributed by atoms with Crippen LogP contribution < -0.4 is 21.5 Å². The first-order chi connectivity index (χ1) is 16.3. The summed E-state index contributed by atoms with van der Waals surface area (Å²) in [5.41, 5.74) is 7.25. The summed E-state index contributed by atoms with van der Waals surface area (Å²) in [6.45, 7) is 3.19. The lowest BCUT2D eigenvalue weighted by molar-refractivity contribution is 0.0970. The molecule has 176 valence electrons. The van der Waals surface area contributed by atoms with Crippen LogP contribution in [0.3, 0.4) is 0 Å². The fourth-order valence-electron chi connectivity index (χ4n) is 4.35. The Labute approximate surface area is 204 Å². The molecule has 0 spiro atoms. The Kier molecular flexibility index (Phi) is 7.18. The van der Waals surface area contributed by atoms with E-state index in [1.165, 1.54) is 10.9 Å². The predicted octanol–water partition coefficient (Wildman–Crippen LogP) is 2.52. The standard InChI is InChI=1S/C24H26ClN6O2P/c1-15(25)7-9-31-22-21(19(11-26)23(31)29-8-3-5-17(27)12-29)28-14-30(24(22)33)13-20(32)16-4-2-6-18(34)10-16/h2,4,6-7,10,14,17H,3,5,8-9,12-13,27,34H2,1H3/t17-/m0/s1. The van der Waals surface area contributed by atoms with Gasteiger partial charge in [0, 0.05) is 36.3 Å². The number of carbonyl (C=O) groups excluding carboxylic acids is 1. The van der Waals surface area contributed by atoms with Gasteiger partial charge in [0.15, 0.2) is 5.78 Å². The summed E-state index contributed by atoms with van der Waals surface area (Å²) in [5, 5.41) is 11.5. The number of nitrogens with zero attached hydrogens (tertiary/aromatic N) is 5. The Morgan fingerprint density at radius 1 is 1.44 bits per heavy atom. The van der Waals surface area contributed by atoms with E-state index in [9.17, 15) is 14.9 Å². The fraction of sp³-hybridized carbons (Fsp3) is 0.333. The van der Waals surface area contributed by atoms with Crippen LogP contribution in [0.25, 0.3) is 11.0 Å². The van der Waals surface area contributed by atoms with Crippen molar-refractivity contribution in [2.45, 2.75) is 38.9 Å². The quantitative estimate of drug-likeness (QED) is 0.415. The molecular formula is C24H26ClN6O2P. The first kappa shape index (κ1) is 24.2. The van der Waals surface area contributed by atoms with E-state index in [4.69, 9.17) is 17.3 Å². The topological polar surface area (TPSA) is 110 Å². The molecule has 10 heteroatoms. The molecule has 1 saturated heterocycles. The lowest BCUT2D eigenvalue weighted by Gasteiger charge is -2.33. The molecule has 1 fully saturated rings. The zero-order valence-corrected chi connectivity index (χ0v) is 20.8. The third-order valence-electron chi connectivity index (χ3n) is 5.95. The van der Waals surface area contributed by atoms with Crippen molar-refractivity contribution in [2.24, 2.45) is 5.73 Å². The van der Waals surface area contributed by atoms with E-state index in [-0.39, 0.29) is 29.4 Å². The van der Waals surface area contributed by atoms with Crippen LogP contribution >= 0.6 is 20.8 Å². The van der Waals surface area contributed by atoms with E-state index in [1.54, 1.807) is 35.8 Å². The summed E-state index contributed by atoms with van der Waals surface area (Å²) in [6, 6.07) is 9.36. The van der Waals surface area contributed by atoms with Gasteiger partial charge in [0.1, 0.15) is 28.5 Å². The maximum Gasteiger partial charge on any atom is 0.278 e. The summed E-state index contributed by atoms with van der Waals surface area (Å²) in [5.74, 6) is 0.413. The van der Waals surface area contributed by atoms with Gasteiger partial charge in [-0.15, -0.1) is 9.24 Å². The Bertz CT molecular complexity index is 1380. The molecule has 0 bridgehead atoms. The zero-order valence-electron chi connectivity index (χ0n) is 18.9. The van der Waals surface area contributed by atoms with Gasteiger partial charge in [0.2, 0.25) is 0 Å². The highest BCUT2D eigenvalue weighted by molar-refractivity contribution is 7.27. The molecule has 1 aromatic carbocycles. The maximum atomic E-state index is 13.6. The van der Waals surface area contributed by atoms with E-state index in [2.05, 4.69) is 20.3 Å². The summed E-state index contributed by atoms with van der Waals surface area (Å²) < 4.78 is 3.07. The normalized spacial score (nSPS) is 16.6. The van der Waals surface area contributed by atoms with Crippen LogP contribution in [-0.4, -0.2) is 39.0 Å². The van der Waals surface area contributed by atoms with Gasteiger partial charge in [-0.1, -0.05) is 35.9 Å². The number of anilines is 1. The summed E-state index contributed by atoms with van der Waals surface area (Å²) >= 11 is 6.11. The highest BCUT2D eigenvalue weighted by Gasteiger charge is 2.28. The number of carbonyl (C=O) groups is 1. The number of benzene rings is 1. The Hall–Kier alpha value is -2.98. The molecule has 3 aromatic rings. The number of nitriles is 1. The lowest BCUT2D eigenvalue weighted by atomic mass is 10.1. The number of hydrogen-bond acceptors (Lipinski definition) is 6. The Morgan fingerprint density at radius 3 is 2.91 bits per heavy atom. The fourth-order valence-corrected chi connectivity index (χ4v) is 4.71. The first-order valence-electron chi connectivity index (χ1n) is 11.0. The minimum atomic E-state index is -0.384. The van der Waals surface area contributed by atoms with Crippen molar-refractivity contribution < 1.29 is 4.79 Å². The van der Waals surface area contributed by atoms with Crippen molar-refractivity contribution in [1.29, 1.82) is 5.26 Å². The third kappa shape index (κ3) is 4.78. The van der Waals surface area contributed by atoms with Gasteiger partial charge in [-0.3, -0.25) is 14.2 Å². The molecule has 0 aliphatic carbocycles. The molecule has 0 saturated carbocycles. The minimum absolute atomic E-state index is 0.0215. The number of fused-ring (bicyclic) bond motifs is 1. The summed E-state index contributed by atoms with van der Waals surface area (Å²) in [7, 11) is 2.56. The molecule has 0 radical (unpaired) electrons. The van der Waals surface area contributed by atoms with E-state index >= 15 is 0 Å². The van der Waals surface area contributed by atoms with Crippen LogP contribution in [-0.2, 0) is 13.1 Å². The summed E-state index contributed by atoms with van der Waals surface area (Å²) in [6.07, 6.45) is 4.91. The Morgan fingerprint density at radius 2 is 2.24 bits per heavy atom. The molecule has 8 nitrogen and oxygen atoms in total. The van der Waals surface area contributed by atoms with Crippen LogP contribution in [0.1, 0.15) is 35.7 Å². The monoisotopic (exact) mass is 496 g/mol. The SMILES string of the molecule is CC(Cl)=CCn1c(N2CCC[C@H](N)C2)c(C#N)c2ncn(CC(=O)c3cccc(P)c3)c(=O)c21. The number of halogens is 1. The largest absolute Gasteiger partial charge is 0.355 e. The number of hydrogen-bond donors (Lipinski definition) is 1. The molecular weight excluding hydrogens is 471 g/mol. The van der Waals surface area contributed by atoms with Gasteiger partial charge in [-0.2, -0.15) is 5.26 Å². The summed E-state index contributed by atoms with van der Waals surface area (Å²) in [4.78, 5) is 33.0. The highest BCUT2D eigenvalue weighted by Crippen LogP contribution is 2.31. The zero-order chi connectivity index (χ0) is 24.4. The first-order valence-corrected chi connectivity index (χ1v) is 12.0. The van der Waals surface area contributed by atoms with Crippen LogP contribution in [0.4, 0.5) is 5.82 Å². The van der Waals surface area contributed by atoms with Crippen molar-refractivity contribution in [3.63, 3.8) is 0 Å². The van der Waals surface area contributed by atoms with E-state index in [0.29, 0.717) is 40.6 Å². The number of rotatable bonds is 6. The highest BCUT2D eigenvalue weighted by atomic mass is 35.5. The number of allylic oxidation sites excluding steroid dienone is 2. The number of ketones is 1. The van der Waals surface area contributed by atoms with E-state index in [0.717, 1.165) is 24.7 Å². The van der Waals surface area contributed by atoms with Gasteiger partial charge >= 0.3 is 0 Å². The predicted molar refractivity (Wildman–Crippen MR) is 138 cm³/mol. The van der Waals surface area contributed by atoms with Crippen LogP contribution in [0.5, 0.6) is 0 Å². The van der Waals surface area contributed by atoms with Crippen molar-refractivity contribution in [3.05, 3.63) is 63.2 Å². The molecule has 2 N–H and O–H groups in total. The van der Waals surface area contributed by atoms with Crippen LogP contribution in [0.2, 0.25) is 0 Å². The molecule has 0 amide bonds. The third-order valence-corrected chi connectivity index (χ3v) is 6.46. The lowest BCUT2D eigenvalue weighted by Crippen LogP contribution is -2.44. The van der Waals surface area contributed by atoms with Crippen molar-refractivity contribution in [2.75, 3.05) is 18.0 Å². The van der Waals surface area contributed by atoms with Gasteiger partial charge < -0.3 is 15.2 Å². The minimum Gasteiger partial charge on any atom is -0.355 e. The number of aromatic nitrogens is 3. The van der Waals surface area contributed by atoms with Crippen LogP contribution in [0, 0.1) is 11.3 Å². The smallest absolute Gasteiger partial charge is 0.278 e. The molecule has 1 aliphatic heterocycles. The molecule has 2 aromatic heterocycles. The average molecular weight is 497 g/mol. The molecule has 1 aliphatic rings. The molecule has 1 unspecified atom stereocenters. The number of Topliss-reactive ketones (excluding diaryl/α,β-unsaturated/α-hetero) is 1. The average Bonchev–Trinajstić information content (AvgIpc) is 3.13. The van der Waals surface area contributed by atoms with Gasteiger partial charge in [-0.25, -0.2) is 4.98 Å². The molecule has 3 heterocycles. The van der Waals surface area contributed by atoms with E-state index in [1.807, 2.05) is 11.0 Å². The number of piperidine rings is 1. The van der Waals surface area contributed by atoms with Crippen molar-refractivity contribution in [3.8, 4) is 6.07 Å². The molecule has 4 rings (SSSR count). The van der Waals surface area contributed by atoms with Gasteiger partial charge in [0.25, 0.3) is 5.56 Å². The van der Waals surface area contributed by atoms with Gasteiger partial charge in [-0.05, 0) is 31.1 Å². The Balaban J connectivity index is 1.86. The van der Waals surface area contributed by atoms with Crippen molar-refractivity contribution in [1.82, 2.24) is 14.1 Å². The second kappa shape index (κ2) is 10.1. The second-order valence-electron chi connectivity index (χ2n) is 8.48. The van der Waals surface area contributed by atoms with Crippen LogP contribution in [0.15, 0.2) is 46.5 Å². The van der Waals surface area contributed by atoms with Gasteiger partial charge in [0.05, 0.1) is 12.9 Å². The van der Waals surface area contributed by atoms with E-state index < -0.39 is 0 Å². The number of nitrogens with two attached hydrogens (primary N) is 1. The second-order valence-corrected chi connectivity index (χ2v) is 9.75. The van der Waals surface area contributed by atoms with Crippen molar-refractivity contribution >= 4 is 48.8 Å². The maximum absolute atomic E-state index is 13.6. The molecule has 34 heavy (non-hydrogen) atoms. The molecule has 2 atom stereocenters.